The summed E-state index contributed by atoms with van der Waals surface area (Å²) in [4.78, 5) is 25.8. The average Bonchev–Trinajstić information content (AvgIpc) is 3.41. The highest BCUT2D eigenvalue weighted by Crippen LogP contribution is 2.34. The maximum atomic E-state index is 12.1. The lowest BCUT2D eigenvalue weighted by molar-refractivity contribution is -0.136. The summed E-state index contributed by atoms with van der Waals surface area (Å²) in [6, 6.07) is 17.9. The third-order valence-electron chi connectivity index (χ3n) is 4.33. The number of fused-ring (bicyclic) bond motifs is 1. The van der Waals surface area contributed by atoms with Crippen LogP contribution in [0.15, 0.2) is 60.7 Å². The SMILES string of the molecule is O=C(NCc1ccc(C(O)c2ccccc2)s1)C(=O)Nc1ccc2c(c1)OCO2. The highest BCUT2D eigenvalue weighted by molar-refractivity contribution is 7.12. The Morgan fingerprint density at radius 2 is 1.79 bits per heavy atom. The van der Waals surface area contributed by atoms with E-state index in [1.54, 1.807) is 18.2 Å². The Morgan fingerprint density at radius 1 is 1.00 bits per heavy atom. The van der Waals surface area contributed by atoms with E-state index in [0.29, 0.717) is 17.2 Å². The Morgan fingerprint density at radius 3 is 2.62 bits per heavy atom. The molecule has 1 unspecified atom stereocenters. The number of benzene rings is 2. The van der Waals surface area contributed by atoms with Gasteiger partial charge in [-0.15, -0.1) is 11.3 Å². The summed E-state index contributed by atoms with van der Waals surface area (Å²) in [5, 5.41) is 15.6. The van der Waals surface area contributed by atoms with E-state index < -0.39 is 17.9 Å². The standard InChI is InChI=1S/C21H18N2O5S/c24-19(13-4-2-1-3-5-13)18-9-7-15(29-18)11-22-20(25)21(26)23-14-6-8-16-17(10-14)28-12-27-16/h1-10,19,24H,11-12H2,(H,22,25)(H,23,26). The van der Waals surface area contributed by atoms with Gasteiger partial charge in [0.15, 0.2) is 11.5 Å². The molecule has 0 fully saturated rings. The van der Waals surface area contributed by atoms with Gasteiger partial charge in [0.2, 0.25) is 6.79 Å². The fraction of sp³-hybridized carbons (Fsp3) is 0.143. The van der Waals surface area contributed by atoms with Crippen molar-refractivity contribution < 1.29 is 24.2 Å². The van der Waals surface area contributed by atoms with E-state index in [2.05, 4.69) is 10.6 Å². The number of ether oxygens (including phenoxy) is 2. The summed E-state index contributed by atoms with van der Waals surface area (Å²) in [6.45, 7) is 0.328. The lowest BCUT2D eigenvalue weighted by Gasteiger charge is -2.08. The van der Waals surface area contributed by atoms with Crippen molar-refractivity contribution in [3.63, 3.8) is 0 Å². The van der Waals surface area contributed by atoms with Gasteiger partial charge >= 0.3 is 11.8 Å². The van der Waals surface area contributed by atoms with Crippen molar-refractivity contribution in [2.45, 2.75) is 12.6 Å². The van der Waals surface area contributed by atoms with Crippen molar-refractivity contribution in [3.8, 4) is 11.5 Å². The summed E-state index contributed by atoms with van der Waals surface area (Å²) in [7, 11) is 0. The highest BCUT2D eigenvalue weighted by Gasteiger charge is 2.18. The largest absolute Gasteiger partial charge is 0.454 e. The number of aliphatic hydroxyl groups excluding tert-OH is 1. The summed E-state index contributed by atoms with van der Waals surface area (Å²) in [5.41, 5.74) is 1.24. The van der Waals surface area contributed by atoms with Crippen molar-refractivity contribution in [2.24, 2.45) is 0 Å². The summed E-state index contributed by atoms with van der Waals surface area (Å²) in [6.07, 6.45) is -0.722. The molecule has 4 rings (SSSR count). The molecule has 3 N–H and O–H groups in total. The summed E-state index contributed by atoms with van der Waals surface area (Å²) >= 11 is 1.38. The van der Waals surface area contributed by atoms with Gasteiger partial charge < -0.3 is 25.2 Å². The zero-order chi connectivity index (χ0) is 20.2. The molecule has 0 saturated carbocycles. The van der Waals surface area contributed by atoms with Crippen LogP contribution in [-0.2, 0) is 16.1 Å². The monoisotopic (exact) mass is 410 g/mol. The predicted molar refractivity (Wildman–Crippen MR) is 108 cm³/mol. The second-order valence-corrected chi connectivity index (χ2v) is 7.52. The molecule has 3 aromatic rings. The van der Waals surface area contributed by atoms with Gasteiger partial charge in [0.05, 0.1) is 6.54 Å². The minimum Gasteiger partial charge on any atom is -0.454 e. The zero-order valence-corrected chi connectivity index (χ0v) is 16.1. The predicted octanol–water partition coefficient (Wildman–Crippen LogP) is 2.81. The molecule has 0 saturated heterocycles. The van der Waals surface area contributed by atoms with Gasteiger partial charge in [-0.1, -0.05) is 30.3 Å². The van der Waals surface area contributed by atoms with Gasteiger partial charge in [-0.05, 0) is 29.8 Å². The number of amides is 2. The Labute approximate surface area is 170 Å². The molecule has 1 aliphatic rings. The first-order chi connectivity index (χ1) is 14.1. The minimum absolute atomic E-state index is 0.134. The number of carbonyl (C=O) groups excluding carboxylic acids is 2. The molecule has 1 atom stereocenters. The molecule has 0 radical (unpaired) electrons. The smallest absolute Gasteiger partial charge is 0.313 e. The van der Waals surface area contributed by atoms with Crippen molar-refractivity contribution in [2.75, 3.05) is 12.1 Å². The van der Waals surface area contributed by atoms with E-state index in [-0.39, 0.29) is 13.3 Å². The average molecular weight is 410 g/mol. The molecule has 1 aromatic heterocycles. The van der Waals surface area contributed by atoms with Crippen LogP contribution < -0.4 is 20.1 Å². The van der Waals surface area contributed by atoms with Crippen LogP contribution in [0.3, 0.4) is 0 Å². The molecule has 0 bridgehead atoms. The first-order valence-corrected chi connectivity index (χ1v) is 9.72. The Hall–Kier alpha value is -3.36. The van der Waals surface area contributed by atoms with Gasteiger partial charge in [-0.25, -0.2) is 0 Å². The van der Waals surface area contributed by atoms with Crippen LogP contribution in [0, 0.1) is 0 Å². The molecule has 2 aromatic carbocycles. The van der Waals surface area contributed by atoms with Crippen molar-refractivity contribution in [1.82, 2.24) is 5.32 Å². The molecule has 0 aliphatic carbocycles. The van der Waals surface area contributed by atoms with E-state index in [4.69, 9.17) is 9.47 Å². The van der Waals surface area contributed by atoms with Crippen molar-refractivity contribution in [1.29, 1.82) is 0 Å². The number of rotatable bonds is 5. The topological polar surface area (TPSA) is 96.9 Å². The van der Waals surface area contributed by atoms with Gasteiger partial charge in [-0.3, -0.25) is 9.59 Å². The number of carbonyl (C=O) groups is 2. The fourth-order valence-electron chi connectivity index (χ4n) is 2.85. The van der Waals surface area contributed by atoms with Gasteiger partial charge in [0, 0.05) is 21.5 Å². The van der Waals surface area contributed by atoms with E-state index in [1.807, 2.05) is 42.5 Å². The van der Waals surface area contributed by atoms with Crippen molar-refractivity contribution in [3.05, 3.63) is 76.0 Å². The van der Waals surface area contributed by atoms with Crippen LogP contribution in [0.4, 0.5) is 5.69 Å². The van der Waals surface area contributed by atoms with Crippen LogP contribution in [0.25, 0.3) is 0 Å². The molecule has 2 heterocycles. The van der Waals surface area contributed by atoms with E-state index >= 15 is 0 Å². The van der Waals surface area contributed by atoms with E-state index in [1.165, 1.54) is 11.3 Å². The molecule has 148 valence electrons. The first-order valence-electron chi connectivity index (χ1n) is 8.90. The number of aliphatic hydroxyl groups is 1. The lowest BCUT2D eigenvalue weighted by atomic mass is 10.1. The second kappa shape index (κ2) is 8.34. The molecule has 8 heteroatoms. The molecule has 7 nitrogen and oxygen atoms in total. The molecule has 2 amide bonds. The molecule has 1 aliphatic heterocycles. The van der Waals surface area contributed by atoms with Gasteiger partial charge in [0.25, 0.3) is 0 Å². The van der Waals surface area contributed by atoms with Crippen molar-refractivity contribution >= 4 is 28.8 Å². The zero-order valence-electron chi connectivity index (χ0n) is 15.3. The maximum Gasteiger partial charge on any atom is 0.313 e. The van der Waals surface area contributed by atoms with Crippen LogP contribution in [-0.4, -0.2) is 23.7 Å². The quantitative estimate of drug-likeness (QED) is 0.562. The molecule has 29 heavy (non-hydrogen) atoms. The van der Waals surface area contributed by atoms with Crippen LogP contribution in [0.2, 0.25) is 0 Å². The molecule has 0 spiro atoms. The third-order valence-corrected chi connectivity index (χ3v) is 5.46. The summed E-state index contributed by atoms with van der Waals surface area (Å²) < 4.78 is 10.5. The van der Waals surface area contributed by atoms with Crippen LogP contribution in [0.5, 0.6) is 11.5 Å². The number of anilines is 1. The first kappa shape index (κ1) is 19.0. The van der Waals surface area contributed by atoms with Gasteiger partial charge in [0.1, 0.15) is 6.10 Å². The van der Waals surface area contributed by atoms with E-state index in [0.717, 1.165) is 15.3 Å². The Bertz CT molecular complexity index is 1030. The minimum atomic E-state index is -0.773. The molecular formula is C21H18N2O5S. The lowest BCUT2D eigenvalue weighted by Crippen LogP contribution is -2.34. The second-order valence-electron chi connectivity index (χ2n) is 6.32. The summed E-state index contributed by atoms with van der Waals surface area (Å²) in [5.74, 6) is -0.406. The normalized spacial score (nSPS) is 13.0. The molecular weight excluding hydrogens is 392 g/mol. The van der Waals surface area contributed by atoms with Crippen LogP contribution >= 0.6 is 11.3 Å². The number of thiophene rings is 1. The maximum absolute atomic E-state index is 12.1. The Kier molecular flexibility index (Phi) is 5.46. The fourth-order valence-corrected chi connectivity index (χ4v) is 3.81. The highest BCUT2D eigenvalue weighted by atomic mass is 32.1. The number of hydrogen-bond acceptors (Lipinski definition) is 6. The van der Waals surface area contributed by atoms with Crippen LogP contribution in [0.1, 0.15) is 21.4 Å². The van der Waals surface area contributed by atoms with Gasteiger partial charge in [-0.2, -0.15) is 0 Å². The number of hydrogen-bond donors (Lipinski definition) is 3. The number of nitrogens with one attached hydrogen (secondary N) is 2. The third kappa shape index (κ3) is 4.39. The van der Waals surface area contributed by atoms with E-state index in [9.17, 15) is 14.7 Å². The Balaban J connectivity index is 1.31.